The van der Waals surface area contributed by atoms with Crippen LogP contribution >= 0.6 is 11.8 Å². The summed E-state index contributed by atoms with van der Waals surface area (Å²) < 4.78 is 51.6. The van der Waals surface area contributed by atoms with Gasteiger partial charge < -0.3 is 19.4 Å². The first-order valence-electron chi connectivity index (χ1n) is 9.92. The summed E-state index contributed by atoms with van der Waals surface area (Å²) in [7, 11) is 1.48. The van der Waals surface area contributed by atoms with E-state index in [1.807, 2.05) is 11.5 Å². The second-order valence-electron chi connectivity index (χ2n) is 6.67. The number of aromatic nitrogens is 4. The van der Waals surface area contributed by atoms with Crippen LogP contribution in [-0.4, -0.2) is 51.7 Å². The highest BCUT2D eigenvalue weighted by Gasteiger charge is 2.31. The van der Waals surface area contributed by atoms with Crippen LogP contribution in [0.3, 0.4) is 0 Å². The topological polar surface area (TPSA) is 91.2 Å². The molecule has 2 heterocycles. The molecule has 3 rings (SSSR count). The fraction of sp³-hybridized carbons (Fsp3) is 0.333. The standard InChI is InChI=1S/C21H22F3N5O3S/c1-3-29-19(14-6-8-25-9-7-14)27-28-20(29)33-13-18(30)26-16-12-15(21(22,23)24)4-5-17(16)32-11-10-31-2/h4-9,12H,3,10-11,13H2,1-2H3,(H,26,30). The van der Waals surface area contributed by atoms with Crippen molar-refractivity contribution in [3.63, 3.8) is 0 Å². The van der Waals surface area contributed by atoms with Crippen LogP contribution in [-0.2, 0) is 22.3 Å². The third-order valence-electron chi connectivity index (χ3n) is 4.43. The number of thioether (sulfide) groups is 1. The predicted molar refractivity (Wildman–Crippen MR) is 117 cm³/mol. The average molecular weight is 482 g/mol. The molecule has 0 atom stereocenters. The van der Waals surface area contributed by atoms with E-state index in [9.17, 15) is 18.0 Å². The molecule has 0 aliphatic heterocycles. The van der Waals surface area contributed by atoms with Crippen molar-refractivity contribution in [2.24, 2.45) is 0 Å². The molecule has 0 saturated carbocycles. The van der Waals surface area contributed by atoms with E-state index in [0.717, 1.165) is 29.5 Å². The summed E-state index contributed by atoms with van der Waals surface area (Å²) in [5.41, 5.74) is -0.129. The summed E-state index contributed by atoms with van der Waals surface area (Å²) in [6, 6.07) is 6.53. The Morgan fingerprint density at radius 3 is 2.58 bits per heavy atom. The minimum Gasteiger partial charge on any atom is -0.489 e. The molecule has 0 spiro atoms. The lowest BCUT2D eigenvalue weighted by atomic mass is 10.1. The number of hydrogen-bond acceptors (Lipinski definition) is 7. The minimum atomic E-state index is -4.56. The number of anilines is 1. The average Bonchev–Trinajstić information content (AvgIpc) is 3.21. The summed E-state index contributed by atoms with van der Waals surface area (Å²) in [4.78, 5) is 16.5. The van der Waals surface area contributed by atoms with Crippen molar-refractivity contribution in [3.8, 4) is 17.1 Å². The molecule has 1 amide bonds. The number of pyridine rings is 1. The van der Waals surface area contributed by atoms with Gasteiger partial charge in [-0.3, -0.25) is 9.78 Å². The molecule has 8 nitrogen and oxygen atoms in total. The fourth-order valence-corrected chi connectivity index (χ4v) is 3.68. The van der Waals surface area contributed by atoms with Crippen LogP contribution in [0.1, 0.15) is 12.5 Å². The Morgan fingerprint density at radius 1 is 1.15 bits per heavy atom. The van der Waals surface area contributed by atoms with Gasteiger partial charge in [-0.05, 0) is 37.3 Å². The molecule has 33 heavy (non-hydrogen) atoms. The van der Waals surface area contributed by atoms with E-state index in [2.05, 4.69) is 20.5 Å². The van der Waals surface area contributed by atoms with Gasteiger partial charge >= 0.3 is 6.18 Å². The molecule has 12 heteroatoms. The van der Waals surface area contributed by atoms with Gasteiger partial charge in [0.05, 0.1) is 23.6 Å². The van der Waals surface area contributed by atoms with Gasteiger partial charge in [0, 0.05) is 31.6 Å². The van der Waals surface area contributed by atoms with E-state index in [1.54, 1.807) is 24.5 Å². The van der Waals surface area contributed by atoms with Gasteiger partial charge in [0.15, 0.2) is 11.0 Å². The molecule has 2 aromatic heterocycles. The number of amides is 1. The zero-order valence-electron chi connectivity index (χ0n) is 17.9. The third kappa shape index (κ3) is 6.45. The first-order chi connectivity index (χ1) is 15.8. The van der Waals surface area contributed by atoms with Crippen molar-refractivity contribution in [2.45, 2.75) is 24.8 Å². The number of carbonyl (C=O) groups excluding carboxylic acids is 1. The largest absolute Gasteiger partial charge is 0.489 e. The summed E-state index contributed by atoms with van der Waals surface area (Å²) in [6.07, 6.45) is -1.27. The molecule has 0 saturated heterocycles. The zero-order chi connectivity index (χ0) is 23.8. The number of rotatable bonds is 10. The van der Waals surface area contributed by atoms with Gasteiger partial charge in [-0.1, -0.05) is 11.8 Å². The normalized spacial score (nSPS) is 11.4. The van der Waals surface area contributed by atoms with Crippen LogP contribution < -0.4 is 10.1 Å². The molecule has 0 unspecified atom stereocenters. The van der Waals surface area contributed by atoms with E-state index in [1.165, 1.54) is 13.2 Å². The molecule has 0 bridgehead atoms. The highest BCUT2D eigenvalue weighted by molar-refractivity contribution is 7.99. The highest BCUT2D eigenvalue weighted by Crippen LogP contribution is 2.35. The first-order valence-corrected chi connectivity index (χ1v) is 10.9. The van der Waals surface area contributed by atoms with Gasteiger partial charge in [-0.25, -0.2) is 0 Å². The smallest absolute Gasteiger partial charge is 0.416 e. The molecule has 1 N–H and O–H groups in total. The number of halogens is 3. The number of nitrogens with one attached hydrogen (secondary N) is 1. The van der Waals surface area contributed by atoms with E-state index >= 15 is 0 Å². The summed E-state index contributed by atoms with van der Waals surface area (Å²) >= 11 is 1.13. The number of carbonyl (C=O) groups is 1. The Labute approximate surface area is 192 Å². The predicted octanol–water partition coefficient (Wildman–Crippen LogP) is 4.13. The Balaban J connectivity index is 1.72. The lowest BCUT2D eigenvalue weighted by molar-refractivity contribution is -0.137. The summed E-state index contributed by atoms with van der Waals surface area (Å²) in [6.45, 7) is 2.86. The van der Waals surface area contributed by atoms with Gasteiger partial charge in [0.25, 0.3) is 0 Å². The van der Waals surface area contributed by atoms with Crippen molar-refractivity contribution in [1.29, 1.82) is 0 Å². The number of hydrogen-bond donors (Lipinski definition) is 1. The van der Waals surface area contributed by atoms with Gasteiger partial charge in [-0.15, -0.1) is 10.2 Å². The maximum absolute atomic E-state index is 13.1. The maximum atomic E-state index is 13.1. The molecule has 0 fully saturated rings. The summed E-state index contributed by atoms with van der Waals surface area (Å²) in [5, 5.41) is 11.4. The molecular weight excluding hydrogens is 459 g/mol. The molecule has 1 aromatic carbocycles. The highest BCUT2D eigenvalue weighted by atomic mass is 32.2. The minimum absolute atomic E-state index is 0.0686. The third-order valence-corrected chi connectivity index (χ3v) is 5.40. The van der Waals surface area contributed by atoms with Gasteiger partial charge in [0.1, 0.15) is 12.4 Å². The fourth-order valence-electron chi connectivity index (χ4n) is 2.88. The van der Waals surface area contributed by atoms with Gasteiger partial charge in [-0.2, -0.15) is 13.2 Å². The zero-order valence-corrected chi connectivity index (χ0v) is 18.7. The van der Waals surface area contributed by atoms with Crippen molar-refractivity contribution in [1.82, 2.24) is 19.7 Å². The van der Waals surface area contributed by atoms with Crippen LogP contribution in [0, 0.1) is 0 Å². The Hall–Kier alpha value is -3.12. The quantitative estimate of drug-likeness (QED) is 0.344. The molecular formula is C21H22F3N5O3S. The van der Waals surface area contributed by atoms with Crippen LogP contribution in [0.5, 0.6) is 5.75 Å². The number of methoxy groups -OCH3 is 1. The monoisotopic (exact) mass is 481 g/mol. The Morgan fingerprint density at radius 2 is 1.91 bits per heavy atom. The van der Waals surface area contributed by atoms with E-state index < -0.39 is 17.6 Å². The number of alkyl halides is 3. The lowest BCUT2D eigenvalue weighted by Gasteiger charge is -2.15. The Kier molecular flexibility index (Phi) is 8.28. The number of nitrogens with zero attached hydrogens (tertiary/aromatic N) is 4. The van der Waals surface area contributed by atoms with Crippen LogP contribution in [0.4, 0.5) is 18.9 Å². The van der Waals surface area contributed by atoms with Crippen LogP contribution in [0.2, 0.25) is 0 Å². The molecule has 0 radical (unpaired) electrons. The second-order valence-corrected chi connectivity index (χ2v) is 7.62. The summed E-state index contributed by atoms with van der Waals surface area (Å²) in [5.74, 6) is 0.166. The maximum Gasteiger partial charge on any atom is 0.416 e. The lowest BCUT2D eigenvalue weighted by Crippen LogP contribution is -2.17. The Bertz CT molecular complexity index is 1080. The van der Waals surface area contributed by atoms with Crippen molar-refractivity contribution < 1.29 is 27.4 Å². The van der Waals surface area contributed by atoms with Crippen LogP contribution in [0.15, 0.2) is 47.9 Å². The van der Waals surface area contributed by atoms with E-state index in [-0.39, 0.29) is 30.4 Å². The van der Waals surface area contributed by atoms with Crippen molar-refractivity contribution in [2.75, 3.05) is 31.4 Å². The first kappa shape index (κ1) is 24.5. The van der Waals surface area contributed by atoms with Crippen molar-refractivity contribution in [3.05, 3.63) is 48.3 Å². The molecule has 0 aliphatic carbocycles. The molecule has 3 aromatic rings. The van der Waals surface area contributed by atoms with Gasteiger partial charge in [0.2, 0.25) is 5.91 Å². The van der Waals surface area contributed by atoms with E-state index in [4.69, 9.17) is 9.47 Å². The molecule has 0 aliphatic rings. The van der Waals surface area contributed by atoms with Crippen molar-refractivity contribution >= 4 is 23.4 Å². The second kappa shape index (κ2) is 11.1. The number of ether oxygens (including phenoxy) is 2. The van der Waals surface area contributed by atoms with E-state index in [0.29, 0.717) is 17.5 Å². The number of benzene rings is 1. The SMILES string of the molecule is CCn1c(SCC(=O)Nc2cc(C(F)(F)F)ccc2OCCOC)nnc1-c1ccncc1. The molecule has 176 valence electrons. The van der Waals surface area contributed by atoms with Crippen LogP contribution in [0.25, 0.3) is 11.4 Å².